The normalized spacial score (nSPS) is 13.2. The van der Waals surface area contributed by atoms with Crippen LogP contribution in [0.5, 0.6) is 0 Å². The molecule has 0 aliphatic carbocycles. The van der Waals surface area contributed by atoms with Gasteiger partial charge in [-0.1, -0.05) is 17.3 Å². The molecule has 2 N–H and O–H groups in total. The van der Waals surface area contributed by atoms with Crippen LogP contribution in [0.25, 0.3) is 0 Å². The van der Waals surface area contributed by atoms with Crippen molar-refractivity contribution in [2.24, 2.45) is 0 Å². The minimum atomic E-state index is -3.57. The summed E-state index contributed by atoms with van der Waals surface area (Å²) in [7, 11) is -3.57. The number of aryl methyl sites for hydroxylation is 1. The Balaban J connectivity index is 2.13. The Morgan fingerprint density at radius 1 is 1.40 bits per heavy atom. The number of nitrogens with zero attached hydrogens (tertiary/aromatic N) is 1. The number of aliphatic hydroxyl groups excluding tert-OH is 1. The van der Waals surface area contributed by atoms with Crippen LogP contribution in [0.1, 0.15) is 30.0 Å². The molecule has 7 heteroatoms. The lowest BCUT2D eigenvalue weighted by atomic mass is 10.1. The molecule has 1 aromatic carbocycles. The Morgan fingerprint density at radius 2 is 2.15 bits per heavy atom. The first-order chi connectivity index (χ1) is 9.35. The molecule has 0 aliphatic heterocycles. The molecule has 0 spiro atoms. The van der Waals surface area contributed by atoms with Crippen LogP contribution in [-0.2, 0) is 15.8 Å². The zero-order chi connectivity index (χ0) is 14.8. The first-order valence-corrected chi connectivity index (χ1v) is 7.72. The minimum Gasteiger partial charge on any atom is -0.389 e. The van der Waals surface area contributed by atoms with Gasteiger partial charge >= 0.3 is 0 Å². The summed E-state index contributed by atoms with van der Waals surface area (Å²) in [6.45, 7) is 3.31. The second-order valence-corrected chi connectivity index (χ2v) is 6.31. The topological polar surface area (TPSA) is 92.4 Å². The van der Waals surface area contributed by atoms with Crippen molar-refractivity contribution in [3.63, 3.8) is 0 Å². The molecule has 0 amide bonds. The highest BCUT2D eigenvalue weighted by Gasteiger charge is 2.15. The lowest BCUT2D eigenvalue weighted by Gasteiger charge is -2.09. The van der Waals surface area contributed by atoms with E-state index in [1.165, 1.54) is 0 Å². The van der Waals surface area contributed by atoms with E-state index in [2.05, 4.69) is 9.88 Å². The highest BCUT2D eigenvalue weighted by molar-refractivity contribution is 7.91. The van der Waals surface area contributed by atoms with Gasteiger partial charge in [-0.05, 0) is 31.5 Å². The SMILES string of the molecule is Cc1cc(CS(=O)(=O)Nc2cccc(C(C)O)c2)no1. The molecule has 0 saturated carbocycles. The molecule has 6 nitrogen and oxygen atoms in total. The fourth-order valence-corrected chi connectivity index (χ4v) is 2.84. The second-order valence-electron chi connectivity index (χ2n) is 4.59. The van der Waals surface area contributed by atoms with E-state index < -0.39 is 16.1 Å². The van der Waals surface area contributed by atoms with Crippen LogP contribution in [0.4, 0.5) is 5.69 Å². The van der Waals surface area contributed by atoms with Gasteiger partial charge in [-0.3, -0.25) is 4.72 Å². The van der Waals surface area contributed by atoms with Crippen molar-refractivity contribution in [2.75, 3.05) is 4.72 Å². The van der Waals surface area contributed by atoms with E-state index in [0.29, 0.717) is 22.7 Å². The average Bonchev–Trinajstić information content (AvgIpc) is 2.73. The van der Waals surface area contributed by atoms with Gasteiger partial charge < -0.3 is 9.63 Å². The predicted octanol–water partition coefficient (Wildman–Crippen LogP) is 1.98. The van der Waals surface area contributed by atoms with E-state index in [1.54, 1.807) is 44.2 Å². The van der Waals surface area contributed by atoms with Gasteiger partial charge in [-0.2, -0.15) is 0 Å². The molecule has 1 aromatic heterocycles. The summed E-state index contributed by atoms with van der Waals surface area (Å²) in [5.41, 5.74) is 1.40. The average molecular weight is 296 g/mol. The monoisotopic (exact) mass is 296 g/mol. The molecule has 20 heavy (non-hydrogen) atoms. The zero-order valence-corrected chi connectivity index (χ0v) is 12.0. The highest BCUT2D eigenvalue weighted by atomic mass is 32.2. The summed E-state index contributed by atoms with van der Waals surface area (Å²) >= 11 is 0. The summed E-state index contributed by atoms with van der Waals surface area (Å²) in [4.78, 5) is 0. The Hall–Kier alpha value is -1.86. The number of aromatic nitrogens is 1. The van der Waals surface area contributed by atoms with Crippen molar-refractivity contribution in [2.45, 2.75) is 25.7 Å². The van der Waals surface area contributed by atoms with E-state index in [9.17, 15) is 13.5 Å². The van der Waals surface area contributed by atoms with Gasteiger partial charge in [0.15, 0.2) is 0 Å². The van der Waals surface area contributed by atoms with E-state index >= 15 is 0 Å². The van der Waals surface area contributed by atoms with Crippen LogP contribution in [0.3, 0.4) is 0 Å². The first-order valence-electron chi connectivity index (χ1n) is 6.06. The molecule has 2 aromatic rings. The minimum absolute atomic E-state index is 0.261. The number of aliphatic hydroxyl groups is 1. The Bertz CT molecular complexity index is 692. The standard InChI is InChI=1S/C13H16N2O4S/c1-9-6-13(14-19-9)8-20(17,18)15-12-5-3-4-11(7-12)10(2)16/h3-7,10,15-16H,8H2,1-2H3. The summed E-state index contributed by atoms with van der Waals surface area (Å²) in [5, 5.41) is 13.1. The number of nitrogens with one attached hydrogen (secondary N) is 1. The number of benzene rings is 1. The third kappa shape index (κ3) is 3.82. The lowest BCUT2D eigenvalue weighted by Crippen LogP contribution is -2.15. The second kappa shape index (κ2) is 5.64. The van der Waals surface area contributed by atoms with E-state index in [0.717, 1.165) is 0 Å². The van der Waals surface area contributed by atoms with Crippen molar-refractivity contribution in [1.29, 1.82) is 0 Å². The first kappa shape index (κ1) is 14.5. The van der Waals surface area contributed by atoms with Gasteiger partial charge in [0, 0.05) is 11.8 Å². The van der Waals surface area contributed by atoms with Crippen molar-refractivity contribution < 1.29 is 18.0 Å². The number of sulfonamides is 1. The van der Waals surface area contributed by atoms with E-state index in [1.807, 2.05) is 0 Å². The van der Waals surface area contributed by atoms with Crippen LogP contribution in [0.2, 0.25) is 0 Å². The maximum Gasteiger partial charge on any atom is 0.238 e. The Kier molecular flexibility index (Phi) is 4.10. The van der Waals surface area contributed by atoms with Crippen LogP contribution >= 0.6 is 0 Å². The van der Waals surface area contributed by atoms with Crippen molar-refractivity contribution in [3.05, 3.63) is 47.3 Å². The molecule has 0 radical (unpaired) electrons. The molecule has 0 aliphatic rings. The maximum atomic E-state index is 12.0. The van der Waals surface area contributed by atoms with Gasteiger partial charge in [0.05, 0.1) is 6.10 Å². The Morgan fingerprint density at radius 3 is 2.75 bits per heavy atom. The predicted molar refractivity (Wildman–Crippen MR) is 74.6 cm³/mol. The zero-order valence-electron chi connectivity index (χ0n) is 11.2. The van der Waals surface area contributed by atoms with Gasteiger partial charge in [0.25, 0.3) is 0 Å². The summed E-state index contributed by atoms with van der Waals surface area (Å²) in [6.07, 6.45) is -0.655. The molecular formula is C13H16N2O4S. The van der Waals surface area contributed by atoms with Crippen LogP contribution < -0.4 is 4.72 Å². The third-order valence-electron chi connectivity index (χ3n) is 2.66. The van der Waals surface area contributed by atoms with Crippen LogP contribution in [0, 0.1) is 6.92 Å². The van der Waals surface area contributed by atoms with E-state index in [-0.39, 0.29) is 5.75 Å². The molecule has 1 heterocycles. The van der Waals surface area contributed by atoms with Gasteiger partial charge in [0.2, 0.25) is 10.0 Å². The Labute approximate surface area is 117 Å². The van der Waals surface area contributed by atoms with Crippen molar-refractivity contribution in [1.82, 2.24) is 5.16 Å². The quantitative estimate of drug-likeness (QED) is 0.880. The molecule has 0 fully saturated rings. The molecule has 1 atom stereocenters. The van der Waals surface area contributed by atoms with Gasteiger partial charge in [0.1, 0.15) is 17.2 Å². The highest BCUT2D eigenvalue weighted by Crippen LogP contribution is 2.19. The number of anilines is 1. The maximum absolute atomic E-state index is 12.0. The fourth-order valence-electron chi connectivity index (χ4n) is 1.76. The fraction of sp³-hybridized carbons (Fsp3) is 0.308. The number of hydrogen-bond donors (Lipinski definition) is 2. The lowest BCUT2D eigenvalue weighted by molar-refractivity contribution is 0.199. The number of rotatable bonds is 5. The summed E-state index contributed by atoms with van der Waals surface area (Å²) in [5.74, 6) is 0.301. The van der Waals surface area contributed by atoms with E-state index in [4.69, 9.17) is 4.52 Å². The summed E-state index contributed by atoms with van der Waals surface area (Å²) < 4.78 is 31.3. The van der Waals surface area contributed by atoms with Crippen molar-refractivity contribution in [3.8, 4) is 0 Å². The smallest absolute Gasteiger partial charge is 0.238 e. The molecule has 1 unspecified atom stereocenters. The largest absolute Gasteiger partial charge is 0.389 e. The molecule has 108 valence electrons. The van der Waals surface area contributed by atoms with Crippen molar-refractivity contribution >= 4 is 15.7 Å². The molecular weight excluding hydrogens is 280 g/mol. The summed E-state index contributed by atoms with van der Waals surface area (Å²) in [6, 6.07) is 8.20. The number of hydrogen-bond acceptors (Lipinski definition) is 5. The van der Waals surface area contributed by atoms with Gasteiger partial charge in [-0.15, -0.1) is 0 Å². The third-order valence-corrected chi connectivity index (χ3v) is 3.88. The molecule has 0 bridgehead atoms. The molecule has 2 rings (SSSR count). The van der Waals surface area contributed by atoms with Crippen LogP contribution in [0.15, 0.2) is 34.9 Å². The molecule has 0 saturated heterocycles. The van der Waals surface area contributed by atoms with Gasteiger partial charge in [-0.25, -0.2) is 8.42 Å². The van der Waals surface area contributed by atoms with Crippen LogP contribution in [-0.4, -0.2) is 18.7 Å².